The van der Waals surface area contributed by atoms with E-state index in [2.05, 4.69) is 59.4 Å². The van der Waals surface area contributed by atoms with Gasteiger partial charge in [0.1, 0.15) is 0 Å². The van der Waals surface area contributed by atoms with Gasteiger partial charge in [-0.1, -0.05) is 42.5 Å². The largest absolute Gasteiger partial charge is 0.468 e. The normalized spacial score (nSPS) is 13.4. The zero-order valence-corrected chi connectivity index (χ0v) is 12.3. The van der Waals surface area contributed by atoms with E-state index in [9.17, 15) is 4.79 Å². The van der Waals surface area contributed by atoms with E-state index < -0.39 is 0 Å². The SMILES string of the molecule is COC(=O)CNC(C)c1ccc2c(c1)Cc1ccccc1-2. The average molecular weight is 281 g/mol. The van der Waals surface area contributed by atoms with Crippen LogP contribution in [0.5, 0.6) is 0 Å². The second kappa shape index (κ2) is 5.70. The first-order valence-electron chi connectivity index (χ1n) is 7.20. The van der Waals surface area contributed by atoms with E-state index in [0.717, 1.165) is 6.42 Å². The van der Waals surface area contributed by atoms with Crippen LogP contribution in [0.3, 0.4) is 0 Å². The lowest BCUT2D eigenvalue weighted by molar-refractivity contribution is -0.139. The van der Waals surface area contributed by atoms with Gasteiger partial charge in [-0.2, -0.15) is 0 Å². The summed E-state index contributed by atoms with van der Waals surface area (Å²) in [4.78, 5) is 11.2. The van der Waals surface area contributed by atoms with E-state index in [-0.39, 0.29) is 18.6 Å². The minimum absolute atomic E-state index is 0.123. The van der Waals surface area contributed by atoms with Crippen LogP contribution in [0.4, 0.5) is 0 Å². The Morgan fingerprint density at radius 3 is 2.76 bits per heavy atom. The molecule has 0 saturated heterocycles. The molecule has 0 saturated carbocycles. The Morgan fingerprint density at radius 2 is 1.95 bits per heavy atom. The molecule has 3 nitrogen and oxygen atoms in total. The first-order valence-corrected chi connectivity index (χ1v) is 7.20. The van der Waals surface area contributed by atoms with Gasteiger partial charge in [-0.05, 0) is 41.2 Å². The lowest BCUT2D eigenvalue weighted by Gasteiger charge is -2.14. The number of hydrogen-bond donors (Lipinski definition) is 1. The van der Waals surface area contributed by atoms with E-state index in [0.29, 0.717) is 0 Å². The Morgan fingerprint density at radius 1 is 1.19 bits per heavy atom. The molecule has 0 amide bonds. The molecule has 0 aromatic heterocycles. The molecule has 3 heteroatoms. The highest BCUT2D eigenvalue weighted by molar-refractivity contribution is 5.77. The predicted octanol–water partition coefficient (Wildman–Crippen LogP) is 3.08. The Hall–Kier alpha value is -2.13. The maximum Gasteiger partial charge on any atom is 0.319 e. The highest BCUT2D eigenvalue weighted by atomic mass is 16.5. The monoisotopic (exact) mass is 281 g/mol. The molecular weight excluding hydrogens is 262 g/mol. The molecule has 0 spiro atoms. The summed E-state index contributed by atoms with van der Waals surface area (Å²) in [6, 6.07) is 15.2. The zero-order chi connectivity index (χ0) is 14.8. The van der Waals surface area contributed by atoms with Crippen LogP contribution in [0.15, 0.2) is 42.5 Å². The van der Waals surface area contributed by atoms with Crippen LogP contribution in [0.1, 0.15) is 29.7 Å². The number of methoxy groups -OCH3 is 1. The third-order valence-corrected chi connectivity index (χ3v) is 4.10. The van der Waals surface area contributed by atoms with Gasteiger partial charge in [-0.15, -0.1) is 0 Å². The van der Waals surface area contributed by atoms with Gasteiger partial charge < -0.3 is 10.1 Å². The molecule has 0 bridgehead atoms. The Kier molecular flexibility index (Phi) is 3.76. The lowest BCUT2D eigenvalue weighted by Crippen LogP contribution is -2.26. The average Bonchev–Trinajstić information content (AvgIpc) is 2.89. The number of fused-ring (bicyclic) bond motifs is 3. The Labute approximate surface area is 124 Å². The van der Waals surface area contributed by atoms with Crippen molar-refractivity contribution in [1.29, 1.82) is 0 Å². The number of rotatable bonds is 4. The number of carbonyl (C=O) groups excluding carboxylic acids is 1. The molecule has 1 atom stereocenters. The van der Waals surface area contributed by atoms with Gasteiger partial charge in [0, 0.05) is 6.04 Å². The zero-order valence-electron chi connectivity index (χ0n) is 12.3. The van der Waals surface area contributed by atoms with E-state index >= 15 is 0 Å². The van der Waals surface area contributed by atoms with Gasteiger partial charge in [0.25, 0.3) is 0 Å². The minimum Gasteiger partial charge on any atom is -0.468 e. The van der Waals surface area contributed by atoms with Crippen LogP contribution in [-0.4, -0.2) is 19.6 Å². The molecule has 1 N–H and O–H groups in total. The summed E-state index contributed by atoms with van der Waals surface area (Å²) >= 11 is 0. The van der Waals surface area contributed by atoms with Crippen molar-refractivity contribution >= 4 is 5.97 Å². The van der Waals surface area contributed by atoms with Gasteiger partial charge in [0.15, 0.2) is 0 Å². The first kappa shape index (κ1) is 13.8. The number of benzene rings is 2. The van der Waals surface area contributed by atoms with E-state index in [1.54, 1.807) is 0 Å². The molecule has 21 heavy (non-hydrogen) atoms. The topological polar surface area (TPSA) is 38.3 Å². The number of ether oxygens (including phenoxy) is 1. The summed E-state index contributed by atoms with van der Waals surface area (Å²) in [7, 11) is 1.40. The first-order chi connectivity index (χ1) is 10.2. The fourth-order valence-electron chi connectivity index (χ4n) is 2.86. The minimum atomic E-state index is -0.240. The molecule has 0 aliphatic heterocycles. The molecule has 0 fully saturated rings. The molecular formula is C18H19NO2. The fourth-order valence-corrected chi connectivity index (χ4v) is 2.86. The van der Waals surface area contributed by atoms with Crippen molar-refractivity contribution in [3.05, 3.63) is 59.2 Å². The lowest BCUT2D eigenvalue weighted by atomic mass is 10.0. The maximum absolute atomic E-state index is 11.2. The van der Waals surface area contributed by atoms with E-state index in [4.69, 9.17) is 0 Å². The van der Waals surface area contributed by atoms with Crippen molar-refractivity contribution in [1.82, 2.24) is 5.32 Å². The van der Waals surface area contributed by atoms with Gasteiger partial charge in [0.2, 0.25) is 0 Å². The molecule has 0 heterocycles. The van der Waals surface area contributed by atoms with E-state index in [1.807, 2.05) is 0 Å². The molecule has 3 rings (SSSR count). The van der Waals surface area contributed by atoms with Crippen LogP contribution < -0.4 is 5.32 Å². The quantitative estimate of drug-likeness (QED) is 0.747. The number of nitrogens with one attached hydrogen (secondary N) is 1. The van der Waals surface area contributed by atoms with Crippen molar-refractivity contribution < 1.29 is 9.53 Å². The molecule has 1 aliphatic rings. The summed E-state index contributed by atoms with van der Waals surface area (Å²) in [6.07, 6.45) is 0.989. The Balaban J connectivity index is 1.79. The fraction of sp³-hybridized carbons (Fsp3) is 0.278. The molecule has 1 aliphatic carbocycles. The summed E-state index contributed by atoms with van der Waals surface area (Å²) in [5, 5.41) is 3.19. The smallest absolute Gasteiger partial charge is 0.319 e. The van der Waals surface area contributed by atoms with Crippen LogP contribution in [0.25, 0.3) is 11.1 Å². The number of hydrogen-bond acceptors (Lipinski definition) is 3. The molecule has 2 aromatic rings. The standard InChI is InChI=1S/C18H19NO2/c1-12(19-11-18(20)21-2)13-7-8-17-15(9-13)10-14-5-3-4-6-16(14)17/h3-9,12,19H,10-11H2,1-2H3. The number of esters is 1. The van der Waals surface area contributed by atoms with Crippen molar-refractivity contribution in [3.63, 3.8) is 0 Å². The van der Waals surface area contributed by atoms with Gasteiger partial charge in [0.05, 0.1) is 13.7 Å². The third kappa shape index (κ3) is 2.69. The Bertz CT molecular complexity index is 679. The molecule has 2 aromatic carbocycles. The third-order valence-electron chi connectivity index (χ3n) is 4.10. The van der Waals surface area contributed by atoms with Gasteiger partial charge in [-0.25, -0.2) is 0 Å². The van der Waals surface area contributed by atoms with Crippen LogP contribution in [0.2, 0.25) is 0 Å². The summed E-state index contributed by atoms with van der Waals surface area (Å²) in [5.74, 6) is -0.240. The summed E-state index contributed by atoms with van der Waals surface area (Å²) in [6.45, 7) is 2.29. The number of carbonyl (C=O) groups is 1. The predicted molar refractivity (Wildman–Crippen MR) is 83.1 cm³/mol. The highest BCUT2D eigenvalue weighted by Gasteiger charge is 2.19. The highest BCUT2D eigenvalue weighted by Crippen LogP contribution is 2.37. The van der Waals surface area contributed by atoms with Crippen molar-refractivity contribution in [2.75, 3.05) is 13.7 Å². The van der Waals surface area contributed by atoms with Crippen molar-refractivity contribution in [3.8, 4) is 11.1 Å². The van der Waals surface area contributed by atoms with Gasteiger partial charge in [-0.3, -0.25) is 4.79 Å². The van der Waals surface area contributed by atoms with Crippen LogP contribution >= 0.6 is 0 Å². The molecule has 108 valence electrons. The van der Waals surface area contributed by atoms with Gasteiger partial charge >= 0.3 is 5.97 Å². The molecule has 0 radical (unpaired) electrons. The second-order valence-electron chi connectivity index (χ2n) is 5.43. The summed E-state index contributed by atoms with van der Waals surface area (Å²) in [5.41, 5.74) is 6.62. The van der Waals surface area contributed by atoms with E-state index in [1.165, 1.54) is 34.9 Å². The maximum atomic E-state index is 11.2. The second-order valence-corrected chi connectivity index (χ2v) is 5.43. The van der Waals surface area contributed by atoms with Crippen molar-refractivity contribution in [2.24, 2.45) is 0 Å². The molecule has 1 unspecified atom stereocenters. The van der Waals surface area contributed by atoms with Crippen LogP contribution in [-0.2, 0) is 16.0 Å². The van der Waals surface area contributed by atoms with Crippen molar-refractivity contribution in [2.45, 2.75) is 19.4 Å². The summed E-state index contributed by atoms with van der Waals surface area (Å²) < 4.78 is 4.65. The van der Waals surface area contributed by atoms with Crippen LogP contribution in [0, 0.1) is 0 Å².